The Balaban J connectivity index is 2.02. The third kappa shape index (κ3) is 3.91. The molecule has 0 aliphatic rings. The molecule has 6 nitrogen and oxygen atoms in total. The van der Waals surface area contributed by atoms with Gasteiger partial charge >= 0.3 is 0 Å². The number of aromatic nitrogens is 2. The van der Waals surface area contributed by atoms with Gasteiger partial charge in [-0.15, -0.1) is 0 Å². The molecule has 1 amide bonds. The van der Waals surface area contributed by atoms with E-state index in [1.54, 1.807) is 6.20 Å². The lowest BCUT2D eigenvalue weighted by atomic mass is 10.3. The van der Waals surface area contributed by atoms with Crippen molar-refractivity contribution in [1.29, 1.82) is 0 Å². The van der Waals surface area contributed by atoms with E-state index in [2.05, 4.69) is 22.2 Å². The van der Waals surface area contributed by atoms with Gasteiger partial charge in [0.15, 0.2) is 5.13 Å². The number of pyridine rings is 1. The first-order chi connectivity index (χ1) is 10.1. The van der Waals surface area contributed by atoms with Crippen LogP contribution in [-0.4, -0.2) is 29.5 Å². The number of nitrogen functional groups attached to an aromatic ring is 1. The Morgan fingerprint density at radius 2 is 2.29 bits per heavy atom. The molecule has 0 aromatic carbocycles. The van der Waals surface area contributed by atoms with Gasteiger partial charge in [-0.3, -0.25) is 9.78 Å². The number of carbonyl (C=O) groups is 1. The fraction of sp³-hybridized carbons (Fsp3) is 0.357. The van der Waals surface area contributed by atoms with Gasteiger partial charge in [-0.25, -0.2) is 4.98 Å². The SMILES string of the molecule is CCCN(C)c1nc(N)c(C(=O)NCc2ccccn2)s1. The first-order valence-electron chi connectivity index (χ1n) is 6.77. The van der Waals surface area contributed by atoms with Crippen LogP contribution in [0.25, 0.3) is 0 Å². The standard InChI is InChI=1S/C14H19N5OS/c1-3-8-19(2)14-18-12(15)11(21-14)13(20)17-9-10-6-4-5-7-16-10/h4-7H,3,8-9,15H2,1-2H3,(H,17,20). The molecule has 0 saturated heterocycles. The minimum absolute atomic E-state index is 0.216. The molecular weight excluding hydrogens is 286 g/mol. The summed E-state index contributed by atoms with van der Waals surface area (Å²) in [7, 11) is 1.94. The van der Waals surface area contributed by atoms with E-state index in [1.807, 2.05) is 30.1 Å². The Morgan fingerprint density at radius 1 is 1.48 bits per heavy atom. The number of amides is 1. The van der Waals surface area contributed by atoms with Crippen molar-refractivity contribution in [3.05, 3.63) is 35.0 Å². The number of thiazole rings is 1. The molecule has 0 spiro atoms. The molecule has 21 heavy (non-hydrogen) atoms. The van der Waals surface area contributed by atoms with Crippen LogP contribution in [-0.2, 0) is 6.54 Å². The lowest BCUT2D eigenvalue weighted by Crippen LogP contribution is -2.23. The minimum atomic E-state index is -0.216. The van der Waals surface area contributed by atoms with Crippen LogP contribution < -0.4 is 16.0 Å². The Morgan fingerprint density at radius 3 is 2.95 bits per heavy atom. The molecule has 0 bridgehead atoms. The van der Waals surface area contributed by atoms with E-state index in [9.17, 15) is 4.79 Å². The lowest BCUT2D eigenvalue weighted by Gasteiger charge is -2.13. The molecule has 112 valence electrons. The van der Waals surface area contributed by atoms with Crippen LogP contribution in [0.2, 0.25) is 0 Å². The molecule has 0 unspecified atom stereocenters. The smallest absolute Gasteiger partial charge is 0.265 e. The minimum Gasteiger partial charge on any atom is -0.382 e. The third-order valence-electron chi connectivity index (χ3n) is 2.89. The molecule has 2 aromatic heterocycles. The molecular formula is C14H19N5OS. The van der Waals surface area contributed by atoms with Crippen LogP contribution in [0.3, 0.4) is 0 Å². The number of nitrogens with zero attached hydrogens (tertiary/aromatic N) is 3. The van der Waals surface area contributed by atoms with Gasteiger partial charge in [-0.05, 0) is 18.6 Å². The van der Waals surface area contributed by atoms with Gasteiger partial charge in [0.2, 0.25) is 0 Å². The summed E-state index contributed by atoms with van der Waals surface area (Å²) < 4.78 is 0. The van der Waals surface area contributed by atoms with Crippen LogP contribution in [0.1, 0.15) is 28.7 Å². The van der Waals surface area contributed by atoms with E-state index >= 15 is 0 Å². The largest absolute Gasteiger partial charge is 0.382 e. The van der Waals surface area contributed by atoms with Crippen molar-refractivity contribution < 1.29 is 4.79 Å². The third-order valence-corrected chi connectivity index (χ3v) is 4.07. The maximum absolute atomic E-state index is 12.2. The number of hydrogen-bond donors (Lipinski definition) is 2. The van der Waals surface area contributed by atoms with Crippen LogP contribution in [0.15, 0.2) is 24.4 Å². The van der Waals surface area contributed by atoms with Gasteiger partial charge in [0.05, 0.1) is 12.2 Å². The zero-order chi connectivity index (χ0) is 15.2. The van der Waals surface area contributed by atoms with Crippen LogP contribution in [0, 0.1) is 0 Å². The van der Waals surface area contributed by atoms with Crippen LogP contribution in [0.4, 0.5) is 10.9 Å². The Bertz CT molecular complexity index is 599. The zero-order valence-electron chi connectivity index (χ0n) is 12.2. The molecule has 0 atom stereocenters. The average Bonchev–Trinajstić information content (AvgIpc) is 2.88. The van der Waals surface area contributed by atoms with Gasteiger partial charge in [-0.1, -0.05) is 24.3 Å². The van der Waals surface area contributed by atoms with Gasteiger partial charge in [0.25, 0.3) is 5.91 Å². The highest BCUT2D eigenvalue weighted by molar-refractivity contribution is 7.18. The number of rotatable bonds is 6. The highest BCUT2D eigenvalue weighted by atomic mass is 32.1. The van der Waals surface area contributed by atoms with Gasteiger partial charge in [-0.2, -0.15) is 0 Å². The van der Waals surface area contributed by atoms with Crippen molar-refractivity contribution in [2.45, 2.75) is 19.9 Å². The number of carbonyl (C=O) groups excluding carboxylic acids is 1. The summed E-state index contributed by atoms with van der Waals surface area (Å²) >= 11 is 1.31. The first kappa shape index (κ1) is 15.2. The van der Waals surface area contributed by atoms with Gasteiger partial charge < -0.3 is 16.0 Å². The molecule has 0 aliphatic heterocycles. The number of hydrogen-bond acceptors (Lipinski definition) is 6. The second-order valence-corrected chi connectivity index (χ2v) is 5.61. The Kier molecular flexibility index (Phi) is 5.10. The predicted octanol–water partition coefficient (Wildman–Crippen LogP) is 1.90. The lowest BCUT2D eigenvalue weighted by molar-refractivity contribution is 0.0955. The summed E-state index contributed by atoms with van der Waals surface area (Å²) in [5, 5.41) is 3.57. The molecule has 2 heterocycles. The van der Waals surface area contributed by atoms with Crippen molar-refractivity contribution in [2.24, 2.45) is 0 Å². The summed E-state index contributed by atoms with van der Waals surface area (Å²) in [6, 6.07) is 5.58. The van der Waals surface area contributed by atoms with Crippen molar-refractivity contribution in [3.8, 4) is 0 Å². The molecule has 0 fully saturated rings. The maximum Gasteiger partial charge on any atom is 0.265 e. The monoisotopic (exact) mass is 305 g/mol. The number of nitrogens with two attached hydrogens (primary N) is 1. The zero-order valence-corrected chi connectivity index (χ0v) is 13.0. The van der Waals surface area contributed by atoms with Crippen molar-refractivity contribution in [1.82, 2.24) is 15.3 Å². The summed E-state index contributed by atoms with van der Waals surface area (Å²) in [5.41, 5.74) is 6.64. The molecule has 2 aromatic rings. The molecule has 2 rings (SSSR count). The maximum atomic E-state index is 12.2. The normalized spacial score (nSPS) is 10.4. The Hall–Kier alpha value is -2.15. The van der Waals surface area contributed by atoms with Crippen molar-refractivity contribution >= 4 is 28.2 Å². The fourth-order valence-electron chi connectivity index (χ4n) is 1.83. The van der Waals surface area contributed by atoms with E-state index in [4.69, 9.17) is 5.73 Å². The van der Waals surface area contributed by atoms with Crippen LogP contribution >= 0.6 is 11.3 Å². The number of anilines is 2. The first-order valence-corrected chi connectivity index (χ1v) is 7.59. The van der Waals surface area contributed by atoms with Crippen LogP contribution in [0.5, 0.6) is 0 Å². The fourth-order valence-corrected chi connectivity index (χ4v) is 2.72. The summed E-state index contributed by atoms with van der Waals surface area (Å²) in [6.45, 7) is 3.34. The van der Waals surface area contributed by atoms with Crippen molar-refractivity contribution in [3.63, 3.8) is 0 Å². The predicted molar refractivity (Wildman–Crippen MR) is 85.5 cm³/mol. The van der Waals surface area contributed by atoms with Gasteiger partial charge in [0.1, 0.15) is 10.7 Å². The molecule has 7 heteroatoms. The summed E-state index contributed by atoms with van der Waals surface area (Å²) in [6.07, 6.45) is 2.71. The number of nitrogens with one attached hydrogen (secondary N) is 1. The summed E-state index contributed by atoms with van der Waals surface area (Å²) in [4.78, 5) is 23.0. The molecule has 0 radical (unpaired) electrons. The van der Waals surface area contributed by atoms with E-state index in [0.29, 0.717) is 11.4 Å². The molecule has 3 N–H and O–H groups in total. The molecule has 0 saturated carbocycles. The summed E-state index contributed by atoms with van der Waals surface area (Å²) in [5.74, 6) is 0.0586. The van der Waals surface area contributed by atoms with Crippen molar-refractivity contribution in [2.75, 3.05) is 24.2 Å². The van der Waals surface area contributed by atoms with E-state index in [1.165, 1.54) is 11.3 Å². The average molecular weight is 305 g/mol. The Labute approximate surface area is 128 Å². The highest BCUT2D eigenvalue weighted by Gasteiger charge is 2.17. The highest BCUT2D eigenvalue weighted by Crippen LogP contribution is 2.27. The molecule has 0 aliphatic carbocycles. The topological polar surface area (TPSA) is 84.1 Å². The van der Waals surface area contributed by atoms with Gasteiger partial charge in [0, 0.05) is 19.8 Å². The second kappa shape index (κ2) is 7.03. The second-order valence-electron chi connectivity index (χ2n) is 4.64. The van der Waals surface area contributed by atoms with E-state index < -0.39 is 0 Å². The van der Waals surface area contributed by atoms with E-state index in [0.717, 1.165) is 23.8 Å². The quantitative estimate of drug-likeness (QED) is 0.851. The van der Waals surface area contributed by atoms with E-state index in [-0.39, 0.29) is 11.7 Å².